The Morgan fingerprint density at radius 2 is 1.79 bits per heavy atom. The van der Waals surface area contributed by atoms with Gasteiger partial charge in [0.05, 0.1) is 6.54 Å². The largest absolute Gasteiger partial charge is 0.308 e. The van der Waals surface area contributed by atoms with Gasteiger partial charge in [0.2, 0.25) is 0 Å². The van der Waals surface area contributed by atoms with Crippen LogP contribution < -0.4 is 5.32 Å². The van der Waals surface area contributed by atoms with Crippen molar-refractivity contribution in [3.05, 3.63) is 24.3 Å². The first-order valence-corrected chi connectivity index (χ1v) is 6.67. The molecule has 2 aromatic rings. The van der Waals surface area contributed by atoms with E-state index in [4.69, 9.17) is 0 Å². The SMILES string of the molecule is CCCn1ncnc1Cn1ncnc1CNC(C)C. The minimum absolute atomic E-state index is 0.425. The molecule has 2 aromatic heterocycles. The first kappa shape index (κ1) is 13.7. The zero-order valence-electron chi connectivity index (χ0n) is 11.7. The van der Waals surface area contributed by atoms with Gasteiger partial charge >= 0.3 is 0 Å². The Morgan fingerprint density at radius 3 is 2.47 bits per heavy atom. The van der Waals surface area contributed by atoms with E-state index >= 15 is 0 Å². The lowest BCUT2D eigenvalue weighted by atomic mass is 10.4. The molecule has 7 nitrogen and oxygen atoms in total. The number of rotatable bonds is 7. The third kappa shape index (κ3) is 3.60. The van der Waals surface area contributed by atoms with Crippen molar-refractivity contribution in [3.63, 3.8) is 0 Å². The van der Waals surface area contributed by atoms with Crippen LogP contribution in [0.1, 0.15) is 38.8 Å². The van der Waals surface area contributed by atoms with E-state index in [0.717, 1.165) is 24.6 Å². The van der Waals surface area contributed by atoms with Gasteiger partial charge in [-0.05, 0) is 6.42 Å². The van der Waals surface area contributed by atoms with Crippen molar-refractivity contribution in [1.29, 1.82) is 0 Å². The molecule has 0 unspecified atom stereocenters. The van der Waals surface area contributed by atoms with Crippen LogP contribution >= 0.6 is 0 Å². The van der Waals surface area contributed by atoms with Gasteiger partial charge in [-0.3, -0.25) is 0 Å². The van der Waals surface area contributed by atoms with Crippen LogP contribution in [0.5, 0.6) is 0 Å². The van der Waals surface area contributed by atoms with E-state index in [0.29, 0.717) is 19.1 Å². The summed E-state index contributed by atoms with van der Waals surface area (Å²) in [4.78, 5) is 8.57. The van der Waals surface area contributed by atoms with Crippen molar-refractivity contribution in [3.8, 4) is 0 Å². The number of aryl methyl sites for hydroxylation is 1. The van der Waals surface area contributed by atoms with Gasteiger partial charge in [0.25, 0.3) is 0 Å². The molecule has 7 heteroatoms. The van der Waals surface area contributed by atoms with E-state index in [1.807, 2.05) is 9.36 Å². The molecule has 2 rings (SSSR count). The molecule has 0 saturated heterocycles. The summed E-state index contributed by atoms with van der Waals surface area (Å²) in [5, 5.41) is 11.8. The second-order valence-electron chi connectivity index (χ2n) is 4.77. The van der Waals surface area contributed by atoms with Crippen LogP contribution in [0.3, 0.4) is 0 Å². The second kappa shape index (κ2) is 6.42. The molecule has 0 aliphatic carbocycles. The summed E-state index contributed by atoms with van der Waals surface area (Å²) >= 11 is 0. The van der Waals surface area contributed by atoms with Crippen LogP contribution in [0.15, 0.2) is 12.7 Å². The van der Waals surface area contributed by atoms with Crippen molar-refractivity contribution in [2.75, 3.05) is 0 Å². The van der Waals surface area contributed by atoms with Crippen molar-refractivity contribution >= 4 is 0 Å². The minimum Gasteiger partial charge on any atom is -0.308 e. The lowest BCUT2D eigenvalue weighted by Crippen LogP contribution is -2.25. The molecule has 0 saturated carbocycles. The topological polar surface area (TPSA) is 73.5 Å². The monoisotopic (exact) mass is 263 g/mol. The Bertz CT molecular complexity index is 500. The highest BCUT2D eigenvalue weighted by Gasteiger charge is 2.09. The molecule has 0 aromatic carbocycles. The van der Waals surface area contributed by atoms with Crippen LogP contribution in [0.25, 0.3) is 0 Å². The predicted molar refractivity (Wildman–Crippen MR) is 71.4 cm³/mol. The van der Waals surface area contributed by atoms with E-state index in [2.05, 4.69) is 46.3 Å². The van der Waals surface area contributed by atoms with E-state index in [1.165, 1.54) is 0 Å². The van der Waals surface area contributed by atoms with Gasteiger partial charge < -0.3 is 5.32 Å². The van der Waals surface area contributed by atoms with Crippen LogP contribution in [0.2, 0.25) is 0 Å². The summed E-state index contributed by atoms with van der Waals surface area (Å²) in [7, 11) is 0. The quantitative estimate of drug-likeness (QED) is 0.801. The van der Waals surface area contributed by atoms with Gasteiger partial charge in [-0.25, -0.2) is 19.3 Å². The molecule has 0 spiro atoms. The van der Waals surface area contributed by atoms with Crippen molar-refractivity contribution in [2.45, 2.75) is 52.9 Å². The van der Waals surface area contributed by atoms with E-state index in [9.17, 15) is 0 Å². The molecular weight excluding hydrogens is 242 g/mol. The fourth-order valence-corrected chi connectivity index (χ4v) is 1.80. The van der Waals surface area contributed by atoms with Crippen LogP contribution in [-0.2, 0) is 19.6 Å². The zero-order valence-corrected chi connectivity index (χ0v) is 11.7. The van der Waals surface area contributed by atoms with Gasteiger partial charge in [0.15, 0.2) is 0 Å². The third-order valence-corrected chi connectivity index (χ3v) is 2.79. The number of aromatic nitrogens is 6. The smallest absolute Gasteiger partial charge is 0.148 e. The van der Waals surface area contributed by atoms with Gasteiger partial charge in [-0.2, -0.15) is 10.2 Å². The standard InChI is InChI=1S/C12H21N7/c1-4-5-18-12(15-9-16-18)7-19-11(14-8-17-19)6-13-10(2)3/h8-10,13H,4-7H2,1-3H3. The lowest BCUT2D eigenvalue weighted by Gasteiger charge is -2.09. The number of hydrogen-bond acceptors (Lipinski definition) is 5. The molecular formula is C12H21N7. The lowest BCUT2D eigenvalue weighted by molar-refractivity contribution is 0.507. The molecule has 0 atom stereocenters. The number of nitrogens with one attached hydrogen (secondary N) is 1. The van der Waals surface area contributed by atoms with Crippen molar-refractivity contribution in [1.82, 2.24) is 34.8 Å². The van der Waals surface area contributed by atoms with Crippen LogP contribution in [-0.4, -0.2) is 35.6 Å². The van der Waals surface area contributed by atoms with E-state index < -0.39 is 0 Å². The minimum atomic E-state index is 0.425. The molecule has 0 bridgehead atoms. The maximum absolute atomic E-state index is 4.29. The maximum atomic E-state index is 4.29. The Kier molecular flexibility index (Phi) is 4.62. The highest BCUT2D eigenvalue weighted by molar-refractivity contribution is 4.91. The first-order chi connectivity index (χ1) is 9.20. The summed E-state index contributed by atoms with van der Waals surface area (Å²) < 4.78 is 3.78. The van der Waals surface area contributed by atoms with Gasteiger partial charge in [-0.1, -0.05) is 20.8 Å². The van der Waals surface area contributed by atoms with Crippen molar-refractivity contribution in [2.24, 2.45) is 0 Å². The molecule has 0 aliphatic rings. The Morgan fingerprint density at radius 1 is 1.11 bits per heavy atom. The average Bonchev–Trinajstić information content (AvgIpc) is 2.98. The molecule has 0 radical (unpaired) electrons. The molecule has 2 heterocycles. The predicted octanol–water partition coefficient (Wildman–Crippen LogP) is 0.826. The normalized spacial score (nSPS) is 11.4. The van der Waals surface area contributed by atoms with Crippen LogP contribution in [0.4, 0.5) is 0 Å². The second-order valence-corrected chi connectivity index (χ2v) is 4.77. The average molecular weight is 263 g/mol. The van der Waals surface area contributed by atoms with Gasteiger partial charge in [0.1, 0.15) is 30.8 Å². The molecule has 0 fully saturated rings. The Balaban J connectivity index is 2.06. The fraction of sp³-hybridized carbons (Fsp3) is 0.667. The van der Waals surface area contributed by atoms with E-state index in [-0.39, 0.29) is 0 Å². The molecule has 19 heavy (non-hydrogen) atoms. The zero-order chi connectivity index (χ0) is 13.7. The van der Waals surface area contributed by atoms with Gasteiger partial charge in [-0.15, -0.1) is 0 Å². The Labute approximate surface area is 113 Å². The summed E-state index contributed by atoms with van der Waals surface area (Å²) in [5.74, 6) is 1.83. The third-order valence-electron chi connectivity index (χ3n) is 2.79. The van der Waals surface area contributed by atoms with E-state index in [1.54, 1.807) is 12.7 Å². The summed E-state index contributed by atoms with van der Waals surface area (Å²) in [6.45, 7) is 8.54. The highest BCUT2D eigenvalue weighted by atomic mass is 15.4. The highest BCUT2D eigenvalue weighted by Crippen LogP contribution is 2.02. The number of hydrogen-bond donors (Lipinski definition) is 1. The molecule has 104 valence electrons. The fourth-order valence-electron chi connectivity index (χ4n) is 1.80. The maximum Gasteiger partial charge on any atom is 0.148 e. The van der Waals surface area contributed by atoms with Crippen molar-refractivity contribution < 1.29 is 0 Å². The first-order valence-electron chi connectivity index (χ1n) is 6.67. The van der Waals surface area contributed by atoms with Gasteiger partial charge in [0, 0.05) is 12.6 Å². The Hall–Kier alpha value is -1.76. The van der Waals surface area contributed by atoms with Crippen LogP contribution in [0, 0.1) is 0 Å². The number of nitrogens with zero attached hydrogens (tertiary/aromatic N) is 6. The summed E-state index contributed by atoms with van der Waals surface area (Å²) in [6, 6.07) is 0.425. The molecule has 0 amide bonds. The molecule has 1 N–H and O–H groups in total. The molecule has 0 aliphatic heterocycles. The summed E-state index contributed by atoms with van der Waals surface area (Å²) in [5.41, 5.74) is 0. The summed E-state index contributed by atoms with van der Waals surface area (Å²) in [6.07, 6.45) is 4.21.